The number of halogens is 2. The van der Waals surface area contributed by atoms with Crippen LogP contribution in [0, 0.1) is 0 Å². The summed E-state index contributed by atoms with van der Waals surface area (Å²) in [4.78, 5) is 11.6. The van der Waals surface area contributed by atoms with E-state index < -0.39 is 0 Å². The molecule has 0 aliphatic heterocycles. The molecule has 0 radical (unpaired) electrons. The van der Waals surface area contributed by atoms with Gasteiger partial charge in [-0.25, -0.2) is 9.97 Å². The molecule has 0 unspecified atom stereocenters. The van der Waals surface area contributed by atoms with Gasteiger partial charge in [0.15, 0.2) is 5.65 Å². The van der Waals surface area contributed by atoms with E-state index >= 15 is 0 Å². The van der Waals surface area contributed by atoms with Gasteiger partial charge in [0.2, 0.25) is 0 Å². The van der Waals surface area contributed by atoms with Crippen LogP contribution in [0.4, 0.5) is 0 Å². The molecule has 0 atom stereocenters. The normalized spacial score (nSPS) is 11.2. The number of imidazole rings is 1. The van der Waals surface area contributed by atoms with Gasteiger partial charge in [0.1, 0.15) is 11.0 Å². The number of nitrogens with one attached hydrogen (secondary N) is 1. The zero-order chi connectivity index (χ0) is 12.3. The second kappa shape index (κ2) is 5.67. The molecule has 0 fully saturated rings. The van der Waals surface area contributed by atoms with Crippen LogP contribution in [0.5, 0.6) is 0 Å². The van der Waals surface area contributed by atoms with Crippen molar-refractivity contribution in [1.82, 2.24) is 15.0 Å². The molecular weight excluding hydrogens is 261 g/mol. The van der Waals surface area contributed by atoms with Gasteiger partial charge < -0.3 is 9.72 Å². The van der Waals surface area contributed by atoms with Crippen LogP contribution in [0.25, 0.3) is 11.2 Å². The van der Waals surface area contributed by atoms with Crippen molar-refractivity contribution in [3.8, 4) is 0 Å². The van der Waals surface area contributed by atoms with E-state index in [1.54, 1.807) is 6.07 Å². The number of aromatic amines is 1. The molecule has 0 saturated heterocycles. The summed E-state index contributed by atoms with van der Waals surface area (Å²) < 4.78 is 5.27. The number of rotatable bonds is 5. The third-order valence-corrected chi connectivity index (χ3v) is 3.01. The van der Waals surface area contributed by atoms with Crippen molar-refractivity contribution < 1.29 is 4.74 Å². The smallest absolute Gasteiger partial charge is 0.179 e. The molecule has 6 heteroatoms. The summed E-state index contributed by atoms with van der Waals surface area (Å²) in [5.74, 6) is 0.880. The number of aryl methyl sites for hydroxylation is 1. The molecule has 4 nitrogen and oxygen atoms in total. The lowest BCUT2D eigenvalue weighted by molar-refractivity contribution is 0.145. The number of pyridine rings is 1. The van der Waals surface area contributed by atoms with Crippen molar-refractivity contribution in [2.45, 2.75) is 19.8 Å². The van der Waals surface area contributed by atoms with Gasteiger partial charge in [0.05, 0.1) is 10.5 Å². The van der Waals surface area contributed by atoms with E-state index in [2.05, 4.69) is 15.0 Å². The molecule has 2 aromatic rings. The number of hydrogen-bond donors (Lipinski definition) is 1. The quantitative estimate of drug-likeness (QED) is 0.672. The lowest BCUT2D eigenvalue weighted by Crippen LogP contribution is -1.97. The van der Waals surface area contributed by atoms with Gasteiger partial charge in [-0.15, -0.1) is 0 Å². The molecule has 92 valence electrons. The molecule has 0 spiro atoms. The number of ether oxygens (including phenoxy) is 1. The number of nitrogens with zero attached hydrogens (tertiary/aromatic N) is 2. The van der Waals surface area contributed by atoms with Crippen molar-refractivity contribution in [2.24, 2.45) is 0 Å². The minimum Gasteiger partial charge on any atom is -0.382 e. The molecule has 0 bridgehead atoms. The molecule has 2 rings (SSSR count). The molecule has 0 amide bonds. The molecule has 0 aromatic carbocycles. The minimum atomic E-state index is 0.284. The number of fused-ring (bicyclic) bond motifs is 1. The Morgan fingerprint density at radius 3 is 2.94 bits per heavy atom. The zero-order valence-electron chi connectivity index (χ0n) is 9.46. The highest BCUT2D eigenvalue weighted by molar-refractivity contribution is 6.41. The van der Waals surface area contributed by atoms with Crippen LogP contribution in [-0.2, 0) is 11.2 Å². The maximum atomic E-state index is 5.88. The molecule has 17 heavy (non-hydrogen) atoms. The fourth-order valence-corrected chi connectivity index (χ4v) is 1.84. The monoisotopic (exact) mass is 273 g/mol. The van der Waals surface area contributed by atoms with E-state index in [0.717, 1.165) is 37.4 Å². The topological polar surface area (TPSA) is 50.8 Å². The molecule has 0 saturated carbocycles. The Morgan fingerprint density at radius 1 is 1.35 bits per heavy atom. The van der Waals surface area contributed by atoms with E-state index in [1.807, 2.05) is 6.92 Å². The number of H-pyrrole nitrogens is 1. The van der Waals surface area contributed by atoms with Crippen molar-refractivity contribution in [3.05, 3.63) is 22.1 Å². The predicted molar refractivity (Wildman–Crippen MR) is 68.7 cm³/mol. The zero-order valence-corrected chi connectivity index (χ0v) is 11.0. The van der Waals surface area contributed by atoms with Crippen LogP contribution in [0.15, 0.2) is 6.07 Å². The first kappa shape index (κ1) is 12.6. The molecule has 1 N–H and O–H groups in total. The summed E-state index contributed by atoms with van der Waals surface area (Å²) >= 11 is 11.7. The highest BCUT2D eigenvalue weighted by Gasteiger charge is 2.07. The lowest BCUT2D eigenvalue weighted by atomic mass is 10.3. The van der Waals surface area contributed by atoms with Gasteiger partial charge in [-0.1, -0.05) is 23.2 Å². The SMILES string of the molecule is CCOCCCc1nc2nc(Cl)c(Cl)cc2[nH]1. The van der Waals surface area contributed by atoms with Crippen molar-refractivity contribution in [2.75, 3.05) is 13.2 Å². The Morgan fingerprint density at radius 2 is 2.18 bits per heavy atom. The van der Waals surface area contributed by atoms with Crippen LogP contribution >= 0.6 is 23.2 Å². The van der Waals surface area contributed by atoms with E-state index in [9.17, 15) is 0 Å². The van der Waals surface area contributed by atoms with E-state index in [1.165, 1.54) is 0 Å². The largest absolute Gasteiger partial charge is 0.382 e. The predicted octanol–water partition coefficient (Wildman–Crippen LogP) is 3.23. The first-order chi connectivity index (χ1) is 8.20. The molecule has 2 heterocycles. The van der Waals surface area contributed by atoms with Crippen LogP contribution in [0.3, 0.4) is 0 Å². The van der Waals surface area contributed by atoms with Crippen LogP contribution in [0.2, 0.25) is 10.2 Å². The Kier molecular flexibility index (Phi) is 4.20. The first-order valence-corrected chi connectivity index (χ1v) is 6.24. The third kappa shape index (κ3) is 3.09. The van der Waals surface area contributed by atoms with Gasteiger partial charge in [-0.05, 0) is 19.4 Å². The highest BCUT2D eigenvalue weighted by atomic mass is 35.5. The second-order valence-electron chi connectivity index (χ2n) is 3.62. The van der Waals surface area contributed by atoms with Gasteiger partial charge in [-0.2, -0.15) is 0 Å². The van der Waals surface area contributed by atoms with Crippen LogP contribution in [-0.4, -0.2) is 28.2 Å². The Labute approximate surface area is 109 Å². The number of hydrogen-bond acceptors (Lipinski definition) is 3. The van der Waals surface area contributed by atoms with E-state index in [0.29, 0.717) is 10.7 Å². The fourth-order valence-electron chi connectivity index (χ4n) is 1.55. The maximum absolute atomic E-state index is 5.88. The minimum absolute atomic E-state index is 0.284. The molecule has 2 aromatic heterocycles. The molecule has 0 aliphatic carbocycles. The molecule has 0 aliphatic rings. The van der Waals surface area contributed by atoms with Gasteiger partial charge >= 0.3 is 0 Å². The Balaban J connectivity index is 2.09. The number of aromatic nitrogens is 3. The van der Waals surface area contributed by atoms with E-state index in [-0.39, 0.29) is 5.15 Å². The van der Waals surface area contributed by atoms with Crippen molar-refractivity contribution in [3.63, 3.8) is 0 Å². The Hall–Kier alpha value is -0.840. The van der Waals surface area contributed by atoms with Gasteiger partial charge in [0.25, 0.3) is 0 Å². The van der Waals surface area contributed by atoms with Crippen LogP contribution < -0.4 is 0 Å². The average molecular weight is 274 g/mol. The summed E-state index contributed by atoms with van der Waals surface area (Å²) in [6.07, 6.45) is 1.75. The summed E-state index contributed by atoms with van der Waals surface area (Å²) in [7, 11) is 0. The summed E-state index contributed by atoms with van der Waals surface area (Å²) in [5.41, 5.74) is 1.41. The van der Waals surface area contributed by atoms with Crippen molar-refractivity contribution >= 4 is 34.4 Å². The molecular formula is C11H13Cl2N3O. The Bertz CT molecular complexity index is 474. The standard InChI is InChI=1S/C11H13Cl2N3O/c1-2-17-5-3-4-9-14-8-6-7(12)10(13)16-11(8)15-9/h6H,2-5H2,1H3,(H,14,15,16). The second-order valence-corrected chi connectivity index (χ2v) is 4.38. The first-order valence-electron chi connectivity index (χ1n) is 5.49. The maximum Gasteiger partial charge on any atom is 0.179 e. The van der Waals surface area contributed by atoms with Crippen LogP contribution in [0.1, 0.15) is 19.2 Å². The highest BCUT2D eigenvalue weighted by Crippen LogP contribution is 2.23. The van der Waals surface area contributed by atoms with Crippen molar-refractivity contribution in [1.29, 1.82) is 0 Å². The third-order valence-electron chi connectivity index (χ3n) is 2.34. The van der Waals surface area contributed by atoms with Gasteiger partial charge in [-0.3, -0.25) is 0 Å². The summed E-state index contributed by atoms with van der Waals surface area (Å²) in [6.45, 7) is 3.46. The lowest BCUT2D eigenvalue weighted by Gasteiger charge is -1.98. The average Bonchev–Trinajstić information content (AvgIpc) is 2.67. The summed E-state index contributed by atoms with van der Waals surface area (Å²) in [6, 6.07) is 1.74. The van der Waals surface area contributed by atoms with E-state index in [4.69, 9.17) is 27.9 Å². The van der Waals surface area contributed by atoms with Gasteiger partial charge in [0, 0.05) is 19.6 Å². The summed E-state index contributed by atoms with van der Waals surface area (Å²) in [5, 5.41) is 0.718. The fraction of sp³-hybridized carbons (Fsp3) is 0.455.